The van der Waals surface area contributed by atoms with Crippen LogP contribution in [0.3, 0.4) is 0 Å². The number of nitrogens with zero attached hydrogens (tertiary/aromatic N) is 3. The Morgan fingerprint density at radius 2 is 2.00 bits per heavy atom. The molecule has 0 radical (unpaired) electrons. The van der Waals surface area contributed by atoms with Gasteiger partial charge in [0.1, 0.15) is 12.2 Å². The predicted octanol–water partition coefficient (Wildman–Crippen LogP) is 0.997. The summed E-state index contributed by atoms with van der Waals surface area (Å²) in [6, 6.07) is 2.23. The van der Waals surface area contributed by atoms with E-state index in [1.54, 1.807) is 0 Å². The van der Waals surface area contributed by atoms with Gasteiger partial charge < -0.3 is 10.5 Å². The molecule has 0 saturated heterocycles. The van der Waals surface area contributed by atoms with E-state index in [4.69, 9.17) is 15.7 Å². The van der Waals surface area contributed by atoms with Gasteiger partial charge in [-0.1, -0.05) is 0 Å². The number of hydrogen-bond acceptors (Lipinski definition) is 5. The van der Waals surface area contributed by atoms with Crippen molar-refractivity contribution in [3.05, 3.63) is 18.1 Å². The van der Waals surface area contributed by atoms with E-state index in [0.717, 1.165) is 25.7 Å². The average Bonchev–Trinajstić information content (AvgIpc) is 2.33. The van der Waals surface area contributed by atoms with Crippen LogP contribution in [0.25, 0.3) is 0 Å². The van der Waals surface area contributed by atoms with Gasteiger partial charge in [-0.3, -0.25) is 0 Å². The maximum Gasteiger partial charge on any atom is 0.232 e. The van der Waals surface area contributed by atoms with Crippen LogP contribution in [0, 0.1) is 11.3 Å². The zero-order valence-electron chi connectivity index (χ0n) is 8.97. The van der Waals surface area contributed by atoms with Crippen LogP contribution >= 0.6 is 0 Å². The van der Waals surface area contributed by atoms with Gasteiger partial charge in [-0.05, 0) is 25.7 Å². The van der Waals surface area contributed by atoms with Crippen LogP contribution in [0.4, 0.5) is 0 Å². The fraction of sp³-hybridized carbons (Fsp3) is 0.545. The lowest BCUT2D eigenvalue weighted by atomic mass is 9.94. The lowest BCUT2D eigenvalue weighted by molar-refractivity contribution is 0.140. The van der Waals surface area contributed by atoms with Crippen molar-refractivity contribution < 1.29 is 4.74 Å². The number of nitriles is 1. The average molecular weight is 218 g/mol. The molecule has 1 aromatic rings. The van der Waals surface area contributed by atoms with Gasteiger partial charge in [0, 0.05) is 6.04 Å². The Morgan fingerprint density at radius 1 is 1.25 bits per heavy atom. The molecule has 16 heavy (non-hydrogen) atoms. The highest BCUT2D eigenvalue weighted by molar-refractivity contribution is 5.18. The van der Waals surface area contributed by atoms with Crippen molar-refractivity contribution in [1.82, 2.24) is 9.97 Å². The molecule has 0 atom stereocenters. The molecule has 2 rings (SSSR count). The second-order valence-electron chi connectivity index (χ2n) is 4.01. The predicted molar refractivity (Wildman–Crippen MR) is 57.6 cm³/mol. The van der Waals surface area contributed by atoms with Crippen molar-refractivity contribution in [3.63, 3.8) is 0 Å². The molecule has 0 spiro atoms. The third kappa shape index (κ3) is 2.67. The van der Waals surface area contributed by atoms with Crippen LogP contribution < -0.4 is 10.5 Å². The van der Waals surface area contributed by atoms with Crippen molar-refractivity contribution in [2.45, 2.75) is 37.8 Å². The topological polar surface area (TPSA) is 84.8 Å². The summed E-state index contributed by atoms with van der Waals surface area (Å²) in [6.07, 6.45) is 7.01. The summed E-state index contributed by atoms with van der Waals surface area (Å²) in [7, 11) is 0. The van der Waals surface area contributed by atoms with Crippen LogP contribution in [-0.4, -0.2) is 22.1 Å². The standard InChI is InChI=1S/C11H14N4O/c12-5-9-6-15-11(7-14-9)16-10-3-1-8(13)2-4-10/h6-8,10H,1-4,13H2. The molecule has 0 unspecified atom stereocenters. The summed E-state index contributed by atoms with van der Waals surface area (Å²) < 4.78 is 5.66. The Balaban J connectivity index is 1.91. The number of rotatable bonds is 2. The molecule has 2 N–H and O–H groups in total. The monoisotopic (exact) mass is 218 g/mol. The van der Waals surface area contributed by atoms with E-state index in [9.17, 15) is 0 Å². The van der Waals surface area contributed by atoms with Crippen molar-refractivity contribution >= 4 is 0 Å². The molecule has 1 heterocycles. The molecule has 0 amide bonds. The van der Waals surface area contributed by atoms with E-state index in [1.165, 1.54) is 12.4 Å². The van der Waals surface area contributed by atoms with Gasteiger partial charge in [0.15, 0.2) is 5.69 Å². The molecule has 0 aromatic carbocycles. The van der Waals surface area contributed by atoms with Gasteiger partial charge in [-0.15, -0.1) is 0 Å². The molecular weight excluding hydrogens is 204 g/mol. The first-order valence-electron chi connectivity index (χ1n) is 5.42. The SMILES string of the molecule is N#Cc1cnc(OC2CCC(N)CC2)cn1. The minimum Gasteiger partial charge on any atom is -0.473 e. The van der Waals surface area contributed by atoms with E-state index in [0.29, 0.717) is 17.6 Å². The third-order valence-corrected chi connectivity index (χ3v) is 2.75. The summed E-state index contributed by atoms with van der Waals surface area (Å²) in [6.45, 7) is 0. The highest BCUT2D eigenvalue weighted by Crippen LogP contribution is 2.21. The highest BCUT2D eigenvalue weighted by Gasteiger charge is 2.20. The quantitative estimate of drug-likeness (QED) is 0.800. The van der Waals surface area contributed by atoms with E-state index in [2.05, 4.69) is 9.97 Å². The number of nitrogens with two attached hydrogens (primary N) is 1. The van der Waals surface area contributed by atoms with Crippen LogP contribution in [-0.2, 0) is 0 Å². The number of hydrogen-bond donors (Lipinski definition) is 1. The molecule has 1 saturated carbocycles. The summed E-state index contributed by atoms with van der Waals surface area (Å²) in [5, 5.41) is 8.57. The van der Waals surface area contributed by atoms with Crippen molar-refractivity contribution in [1.29, 1.82) is 5.26 Å². The Hall–Kier alpha value is -1.67. The molecule has 5 heteroatoms. The fourth-order valence-electron chi connectivity index (χ4n) is 1.81. The first-order valence-corrected chi connectivity index (χ1v) is 5.42. The lowest BCUT2D eigenvalue weighted by Gasteiger charge is -2.26. The maximum atomic E-state index is 8.57. The first-order chi connectivity index (χ1) is 7.78. The third-order valence-electron chi connectivity index (χ3n) is 2.75. The van der Waals surface area contributed by atoms with Crippen molar-refractivity contribution in [2.24, 2.45) is 5.73 Å². The molecule has 1 fully saturated rings. The highest BCUT2D eigenvalue weighted by atomic mass is 16.5. The lowest BCUT2D eigenvalue weighted by Crippen LogP contribution is -2.31. The molecule has 0 bridgehead atoms. The minimum atomic E-state index is 0.182. The molecule has 1 aliphatic rings. The molecule has 1 aliphatic carbocycles. The van der Waals surface area contributed by atoms with E-state index in [1.807, 2.05) is 6.07 Å². The summed E-state index contributed by atoms with van der Waals surface area (Å²) in [5.74, 6) is 0.486. The van der Waals surface area contributed by atoms with Gasteiger partial charge in [-0.25, -0.2) is 9.97 Å². The zero-order valence-corrected chi connectivity index (χ0v) is 8.97. The zero-order chi connectivity index (χ0) is 11.4. The van der Waals surface area contributed by atoms with Crippen molar-refractivity contribution in [3.8, 4) is 11.9 Å². The Bertz CT molecular complexity index is 376. The van der Waals surface area contributed by atoms with Crippen LogP contribution in [0.5, 0.6) is 5.88 Å². The first kappa shape index (κ1) is 10.8. The molecule has 84 valence electrons. The normalized spacial score (nSPS) is 24.8. The number of aromatic nitrogens is 2. The number of ether oxygens (including phenoxy) is 1. The second-order valence-corrected chi connectivity index (χ2v) is 4.01. The second kappa shape index (κ2) is 4.90. The van der Waals surface area contributed by atoms with Gasteiger partial charge in [0.2, 0.25) is 5.88 Å². The summed E-state index contributed by atoms with van der Waals surface area (Å²) in [5.41, 5.74) is 6.11. The Morgan fingerprint density at radius 3 is 2.56 bits per heavy atom. The largest absolute Gasteiger partial charge is 0.473 e. The molecule has 0 aliphatic heterocycles. The molecular formula is C11H14N4O. The molecule has 1 aromatic heterocycles. The van der Waals surface area contributed by atoms with Gasteiger partial charge >= 0.3 is 0 Å². The van der Waals surface area contributed by atoms with Crippen LogP contribution in [0.1, 0.15) is 31.4 Å². The van der Waals surface area contributed by atoms with Crippen molar-refractivity contribution in [2.75, 3.05) is 0 Å². The van der Waals surface area contributed by atoms with Gasteiger partial charge in [-0.2, -0.15) is 5.26 Å². The minimum absolute atomic E-state index is 0.182. The maximum absolute atomic E-state index is 8.57. The fourth-order valence-corrected chi connectivity index (χ4v) is 1.81. The summed E-state index contributed by atoms with van der Waals surface area (Å²) in [4.78, 5) is 7.93. The van der Waals surface area contributed by atoms with Crippen LogP contribution in [0.2, 0.25) is 0 Å². The Labute approximate surface area is 94.3 Å². The Kier molecular flexibility index (Phi) is 3.32. The smallest absolute Gasteiger partial charge is 0.232 e. The van der Waals surface area contributed by atoms with E-state index in [-0.39, 0.29) is 6.10 Å². The van der Waals surface area contributed by atoms with Gasteiger partial charge in [0.05, 0.1) is 12.4 Å². The van der Waals surface area contributed by atoms with E-state index >= 15 is 0 Å². The van der Waals surface area contributed by atoms with Gasteiger partial charge in [0.25, 0.3) is 0 Å². The molecule has 5 nitrogen and oxygen atoms in total. The van der Waals surface area contributed by atoms with Crippen LogP contribution in [0.15, 0.2) is 12.4 Å². The summed E-state index contributed by atoms with van der Waals surface area (Å²) >= 11 is 0. The van der Waals surface area contributed by atoms with E-state index < -0.39 is 0 Å².